The third-order valence-corrected chi connectivity index (χ3v) is 6.30. The Morgan fingerprint density at radius 2 is 1.84 bits per heavy atom. The summed E-state index contributed by atoms with van der Waals surface area (Å²) in [6.07, 6.45) is 0.194. The van der Waals surface area contributed by atoms with Gasteiger partial charge < -0.3 is 29.6 Å². The number of carbonyl (C=O) groups is 1. The minimum Gasteiger partial charge on any atom is -0.473 e. The predicted molar refractivity (Wildman–Crippen MR) is 137 cm³/mol. The molecule has 1 aliphatic heterocycles. The Kier molecular flexibility index (Phi) is 7.45. The first kappa shape index (κ1) is 24.9. The highest BCUT2D eigenvalue weighted by Crippen LogP contribution is 2.30. The third-order valence-electron chi connectivity index (χ3n) is 6.30. The lowest BCUT2D eigenvalue weighted by molar-refractivity contribution is 0.0531. The molecule has 0 radical (unpaired) electrons. The van der Waals surface area contributed by atoms with Crippen molar-refractivity contribution >= 4 is 16.9 Å². The molecule has 0 aliphatic carbocycles. The van der Waals surface area contributed by atoms with Crippen molar-refractivity contribution in [2.75, 3.05) is 33.5 Å². The van der Waals surface area contributed by atoms with Crippen LogP contribution in [0.15, 0.2) is 60.7 Å². The fraction of sp³-hybridized carbons (Fsp3) is 0.286. The maximum atomic E-state index is 15.0. The van der Waals surface area contributed by atoms with Gasteiger partial charge in [-0.1, -0.05) is 36.4 Å². The molecule has 1 aliphatic rings. The number of hydrogen-bond acceptors (Lipinski definition) is 6. The second kappa shape index (κ2) is 11.1. The molecule has 0 spiro atoms. The van der Waals surface area contributed by atoms with Gasteiger partial charge in [0.25, 0.3) is 5.91 Å². The lowest BCUT2D eigenvalue weighted by Crippen LogP contribution is -2.26. The van der Waals surface area contributed by atoms with Crippen LogP contribution in [0.5, 0.6) is 5.88 Å². The SMILES string of the molecule is COCCNC(=O)c1ccc(-c2ccc(-c3nc4cc(O[C@@H]5CO[C@H](CO)C5)[nH]c4cc3F)cc2)cc1. The minimum absolute atomic E-state index is 0.0424. The number of aromatic amines is 1. The number of carbonyl (C=O) groups excluding carboxylic acids is 1. The molecule has 5 rings (SSSR count). The fourth-order valence-electron chi connectivity index (χ4n) is 4.34. The number of fused-ring (bicyclic) bond motifs is 1. The number of amides is 1. The number of nitrogens with one attached hydrogen (secondary N) is 2. The topological polar surface area (TPSA) is 106 Å². The summed E-state index contributed by atoms with van der Waals surface area (Å²) in [4.78, 5) is 19.8. The van der Waals surface area contributed by atoms with Crippen molar-refractivity contribution in [2.24, 2.45) is 0 Å². The summed E-state index contributed by atoms with van der Waals surface area (Å²) >= 11 is 0. The maximum absolute atomic E-state index is 15.0. The number of ether oxygens (including phenoxy) is 3. The molecule has 8 nitrogen and oxygen atoms in total. The van der Waals surface area contributed by atoms with Gasteiger partial charge in [0.05, 0.1) is 37.0 Å². The number of aliphatic hydroxyl groups excluding tert-OH is 1. The number of H-pyrrole nitrogens is 1. The number of aromatic nitrogens is 2. The molecule has 192 valence electrons. The molecule has 3 N–H and O–H groups in total. The van der Waals surface area contributed by atoms with Crippen molar-refractivity contribution < 1.29 is 28.5 Å². The van der Waals surface area contributed by atoms with E-state index < -0.39 is 5.82 Å². The molecular formula is C28H28FN3O5. The first-order chi connectivity index (χ1) is 18.0. The fourth-order valence-corrected chi connectivity index (χ4v) is 4.34. The van der Waals surface area contributed by atoms with E-state index in [-0.39, 0.29) is 30.4 Å². The van der Waals surface area contributed by atoms with Crippen LogP contribution in [0, 0.1) is 5.82 Å². The Morgan fingerprint density at radius 3 is 2.51 bits per heavy atom. The Morgan fingerprint density at radius 1 is 1.14 bits per heavy atom. The molecule has 1 fully saturated rings. The van der Waals surface area contributed by atoms with Gasteiger partial charge in [-0.25, -0.2) is 9.37 Å². The zero-order valence-electron chi connectivity index (χ0n) is 20.4. The molecule has 2 aromatic carbocycles. The van der Waals surface area contributed by atoms with Gasteiger partial charge in [-0.05, 0) is 23.3 Å². The summed E-state index contributed by atoms with van der Waals surface area (Å²) < 4.78 is 31.3. The van der Waals surface area contributed by atoms with Crippen molar-refractivity contribution in [2.45, 2.75) is 18.6 Å². The zero-order chi connectivity index (χ0) is 25.8. The van der Waals surface area contributed by atoms with Crippen molar-refractivity contribution in [1.29, 1.82) is 0 Å². The summed E-state index contributed by atoms with van der Waals surface area (Å²) in [6, 6.07) is 17.9. The third kappa shape index (κ3) is 5.64. The molecule has 0 unspecified atom stereocenters. The molecule has 1 amide bonds. The van der Waals surface area contributed by atoms with E-state index in [4.69, 9.17) is 14.2 Å². The van der Waals surface area contributed by atoms with E-state index in [0.717, 1.165) is 11.1 Å². The first-order valence-electron chi connectivity index (χ1n) is 12.1. The van der Waals surface area contributed by atoms with E-state index in [1.807, 2.05) is 36.4 Å². The van der Waals surface area contributed by atoms with Gasteiger partial charge in [0.15, 0.2) is 11.7 Å². The maximum Gasteiger partial charge on any atom is 0.251 e. The second-order valence-electron chi connectivity index (χ2n) is 8.90. The van der Waals surface area contributed by atoms with Crippen LogP contribution in [0.2, 0.25) is 0 Å². The molecular weight excluding hydrogens is 477 g/mol. The van der Waals surface area contributed by atoms with Crippen molar-refractivity contribution in [3.63, 3.8) is 0 Å². The average Bonchev–Trinajstić information content (AvgIpc) is 3.54. The molecule has 2 atom stereocenters. The predicted octanol–water partition coefficient (Wildman–Crippen LogP) is 3.94. The van der Waals surface area contributed by atoms with Crippen molar-refractivity contribution in [3.05, 3.63) is 72.0 Å². The summed E-state index contributed by atoms with van der Waals surface area (Å²) in [5.41, 5.74) is 4.47. The van der Waals surface area contributed by atoms with Gasteiger partial charge in [0.2, 0.25) is 0 Å². The molecule has 2 aromatic heterocycles. The average molecular weight is 506 g/mol. The Balaban J connectivity index is 1.30. The smallest absolute Gasteiger partial charge is 0.251 e. The van der Waals surface area contributed by atoms with E-state index in [1.165, 1.54) is 6.07 Å². The lowest BCUT2D eigenvalue weighted by Gasteiger charge is -2.09. The van der Waals surface area contributed by atoms with Gasteiger partial charge in [0.1, 0.15) is 11.8 Å². The van der Waals surface area contributed by atoms with Gasteiger partial charge in [-0.2, -0.15) is 0 Å². The molecule has 1 saturated heterocycles. The number of nitrogens with zero attached hydrogens (tertiary/aromatic N) is 1. The number of pyridine rings is 1. The highest BCUT2D eigenvalue weighted by atomic mass is 19.1. The number of benzene rings is 2. The highest BCUT2D eigenvalue weighted by Gasteiger charge is 2.27. The minimum atomic E-state index is -0.443. The van der Waals surface area contributed by atoms with E-state index >= 15 is 0 Å². The number of halogens is 1. The summed E-state index contributed by atoms with van der Waals surface area (Å²) in [7, 11) is 1.59. The molecule has 0 bridgehead atoms. The Bertz CT molecular complexity index is 1370. The van der Waals surface area contributed by atoms with Gasteiger partial charge in [0, 0.05) is 43.3 Å². The molecule has 0 saturated carbocycles. The number of methoxy groups -OCH3 is 1. The highest BCUT2D eigenvalue weighted by molar-refractivity contribution is 5.94. The van der Waals surface area contributed by atoms with E-state index in [2.05, 4.69) is 15.3 Å². The van der Waals surface area contributed by atoms with Crippen LogP contribution in [0.1, 0.15) is 16.8 Å². The van der Waals surface area contributed by atoms with Crippen LogP contribution in [0.3, 0.4) is 0 Å². The monoisotopic (exact) mass is 505 g/mol. The van der Waals surface area contributed by atoms with E-state index in [1.54, 1.807) is 25.3 Å². The van der Waals surface area contributed by atoms with E-state index in [0.29, 0.717) is 54.2 Å². The van der Waals surface area contributed by atoms with Crippen LogP contribution in [-0.4, -0.2) is 66.7 Å². The lowest BCUT2D eigenvalue weighted by atomic mass is 10.0. The quantitative estimate of drug-likeness (QED) is 0.298. The summed E-state index contributed by atoms with van der Waals surface area (Å²) in [5.74, 6) is -0.112. The zero-order valence-corrected chi connectivity index (χ0v) is 20.4. The number of rotatable bonds is 9. The van der Waals surface area contributed by atoms with Crippen molar-refractivity contribution in [1.82, 2.24) is 15.3 Å². The molecule has 37 heavy (non-hydrogen) atoms. The standard InChI is InChI=1S/C28H28FN3O5/c1-35-11-10-30-28(34)20-8-4-18(5-9-20)17-2-6-19(7-3-17)27-23(29)13-24-25(32-27)14-26(31-24)37-22-12-21(15-33)36-16-22/h2-9,13-14,21-22,31,33H,10-12,15-16H2,1H3,(H,30,34)/t21-,22-/m0/s1. The Labute approximate surface area is 213 Å². The molecule has 4 aromatic rings. The van der Waals surface area contributed by atoms with Gasteiger partial charge in [-0.3, -0.25) is 4.79 Å². The van der Waals surface area contributed by atoms with E-state index in [9.17, 15) is 14.3 Å². The van der Waals surface area contributed by atoms with Crippen LogP contribution in [0.4, 0.5) is 4.39 Å². The number of aliphatic hydroxyl groups is 1. The largest absolute Gasteiger partial charge is 0.473 e. The van der Waals surface area contributed by atoms with Gasteiger partial charge in [-0.15, -0.1) is 0 Å². The van der Waals surface area contributed by atoms with Crippen LogP contribution < -0.4 is 10.1 Å². The molecule has 3 heterocycles. The molecule has 9 heteroatoms. The van der Waals surface area contributed by atoms with Crippen molar-refractivity contribution in [3.8, 4) is 28.3 Å². The summed E-state index contributed by atoms with van der Waals surface area (Å²) in [5, 5.41) is 12.0. The number of hydrogen-bond donors (Lipinski definition) is 3. The Hall–Kier alpha value is -3.79. The van der Waals surface area contributed by atoms with Crippen LogP contribution >= 0.6 is 0 Å². The first-order valence-corrected chi connectivity index (χ1v) is 12.1. The second-order valence-corrected chi connectivity index (χ2v) is 8.90. The van der Waals surface area contributed by atoms with Crippen LogP contribution in [0.25, 0.3) is 33.4 Å². The van der Waals surface area contributed by atoms with Crippen LogP contribution in [-0.2, 0) is 9.47 Å². The summed E-state index contributed by atoms with van der Waals surface area (Å²) in [6.45, 7) is 1.26. The van der Waals surface area contributed by atoms with Gasteiger partial charge >= 0.3 is 0 Å². The normalized spacial score (nSPS) is 17.3.